The Hall–Kier alpha value is -3.09. The van der Waals surface area contributed by atoms with Crippen molar-refractivity contribution < 1.29 is 9.47 Å². The Kier molecular flexibility index (Phi) is 3.38. The molecule has 2 aromatic heterocycles. The molecule has 0 aliphatic rings. The van der Waals surface area contributed by atoms with Gasteiger partial charge in [-0.15, -0.1) is 0 Å². The van der Waals surface area contributed by atoms with Gasteiger partial charge in [0, 0.05) is 11.6 Å². The molecule has 7 heteroatoms. The van der Waals surface area contributed by atoms with Gasteiger partial charge in [-0.25, -0.2) is 4.79 Å². The Morgan fingerprint density at radius 3 is 2.27 bits per heavy atom. The van der Waals surface area contributed by atoms with Gasteiger partial charge in [-0.3, -0.25) is 14.8 Å². The first kappa shape index (κ1) is 13.9. The van der Waals surface area contributed by atoms with E-state index in [4.69, 9.17) is 9.47 Å². The van der Waals surface area contributed by atoms with Crippen molar-refractivity contribution in [1.82, 2.24) is 15.0 Å². The molecule has 7 nitrogen and oxygen atoms in total. The molecule has 0 saturated heterocycles. The van der Waals surface area contributed by atoms with E-state index >= 15 is 0 Å². The van der Waals surface area contributed by atoms with E-state index in [1.54, 1.807) is 38.5 Å². The monoisotopic (exact) mass is 299 g/mol. The zero-order valence-corrected chi connectivity index (χ0v) is 12.0. The lowest BCUT2D eigenvalue weighted by Crippen LogP contribution is -2.21. The lowest BCUT2D eigenvalue weighted by Gasteiger charge is -2.08. The maximum Gasteiger partial charge on any atom is 0.326 e. The molecule has 3 aromatic rings. The van der Waals surface area contributed by atoms with E-state index in [1.165, 1.54) is 6.20 Å². The van der Waals surface area contributed by atoms with Crippen LogP contribution in [0.1, 0.15) is 0 Å². The van der Waals surface area contributed by atoms with Crippen LogP contribution in [0.3, 0.4) is 0 Å². The third kappa shape index (κ3) is 2.44. The lowest BCUT2D eigenvalue weighted by atomic mass is 10.1. The molecule has 0 spiro atoms. The molecule has 0 saturated carbocycles. The summed E-state index contributed by atoms with van der Waals surface area (Å²) in [6, 6.07) is 6.93. The van der Waals surface area contributed by atoms with Crippen molar-refractivity contribution >= 4 is 10.9 Å². The molecule has 0 aliphatic carbocycles. The summed E-state index contributed by atoms with van der Waals surface area (Å²) in [6.45, 7) is 0. The second-order valence-electron chi connectivity index (χ2n) is 4.62. The van der Waals surface area contributed by atoms with Crippen LogP contribution in [-0.4, -0.2) is 29.2 Å². The van der Waals surface area contributed by atoms with Gasteiger partial charge in [0.2, 0.25) is 0 Å². The molecular weight excluding hydrogens is 286 g/mol. The van der Waals surface area contributed by atoms with E-state index in [-0.39, 0.29) is 0 Å². The highest BCUT2D eigenvalue weighted by Crippen LogP contribution is 2.29. The Labute approximate surface area is 124 Å². The summed E-state index contributed by atoms with van der Waals surface area (Å²) in [7, 11) is 3.11. The number of methoxy groups -OCH3 is 2. The predicted octanol–water partition coefficient (Wildman–Crippen LogP) is 1.30. The van der Waals surface area contributed by atoms with E-state index in [0.717, 1.165) is 5.56 Å². The fourth-order valence-electron chi connectivity index (χ4n) is 2.18. The molecule has 2 heterocycles. The highest BCUT2D eigenvalue weighted by Gasteiger charge is 2.08. The van der Waals surface area contributed by atoms with E-state index in [1.807, 2.05) is 0 Å². The number of fused-ring (bicyclic) bond motifs is 1. The van der Waals surface area contributed by atoms with Gasteiger partial charge in [0.25, 0.3) is 5.56 Å². The summed E-state index contributed by atoms with van der Waals surface area (Å²) < 4.78 is 10.4. The van der Waals surface area contributed by atoms with Gasteiger partial charge in [-0.1, -0.05) is 0 Å². The zero-order valence-electron chi connectivity index (χ0n) is 12.0. The van der Waals surface area contributed by atoms with Crippen LogP contribution < -0.4 is 20.7 Å². The van der Waals surface area contributed by atoms with Gasteiger partial charge in [-0.05, 0) is 18.2 Å². The van der Waals surface area contributed by atoms with Gasteiger partial charge in [0.15, 0.2) is 0 Å². The first-order chi connectivity index (χ1) is 10.6. The van der Waals surface area contributed by atoms with Crippen molar-refractivity contribution in [3.05, 3.63) is 51.3 Å². The van der Waals surface area contributed by atoms with Crippen molar-refractivity contribution in [1.29, 1.82) is 0 Å². The molecule has 0 unspecified atom stereocenters. The number of nitrogens with one attached hydrogen (secondary N) is 2. The quantitative estimate of drug-likeness (QED) is 0.759. The Morgan fingerprint density at radius 1 is 0.955 bits per heavy atom. The average Bonchev–Trinajstić information content (AvgIpc) is 2.53. The molecule has 1 aromatic carbocycles. The molecule has 0 amide bonds. The Morgan fingerprint density at radius 2 is 1.64 bits per heavy atom. The average molecular weight is 299 g/mol. The number of nitrogens with zero attached hydrogens (tertiary/aromatic N) is 1. The summed E-state index contributed by atoms with van der Waals surface area (Å²) >= 11 is 0. The van der Waals surface area contributed by atoms with Gasteiger partial charge >= 0.3 is 5.69 Å². The number of rotatable bonds is 3. The van der Waals surface area contributed by atoms with Gasteiger partial charge in [0.1, 0.15) is 11.5 Å². The minimum atomic E-state index is -0.560. The van der Waals surface area contributed by atoms with Gasteiger partial charge in [-0.2, -0.15) is 0 Å². The first-order valence-corrected chi connectivity index (χ1v) is 6.46. The highest BCUT2D eigenvalue weighted by molar-refractivity contribution is 5.81. The van der Waals surface area contributed by atoms with Crippen LogP contribution in [0.2, 0.25) is 0 Å². The Bertz CT molecular complexity index is 937. The fourth-order valence-corrected chi connectivity index (χ4v) is 2.18. The fraction of sp³-hybridized carbons (Fsp3) is 0.133. The van der Waals surface area contributed by atoms with E-state index < -0.39 is 11.2 Å². The minimum absolute atomic E-state index is 0.353. The van der Waals surface area contributed by atoms with Crippen LogP contribution in [0, 0.1) is 0 Å². The van der Waals surface area contributed by atoms with Crippen LogP contribution >= 0.6 is 0 Å². The topological polar surface area (TPSA) is 97.1 Å². The molecule has 0 atom stereocenters. The largest absolute Gasteiger partial charge is 0.497 e. The van der Waals surface area contributed by atoms with Crippen molar-refractivity contribution in [3.63, 3.8) is 0 Å². The number of ether oxygens (including phenoxy) is 2. The number of aromatic amines is 2. The number of H-pyrrole nitrogens is 2. The first-order valence-electron chi connectivity index (χ1n) is 6.46. The SMILES string of the molecule is COc1cc(OC)cc(-c2cc3c(=O)[nH]c(=O)[nH]c3cn2)c1. The zero-order chi connectivity index (χ0) is 15.7. The minimum Gasteiger partial charge on any atom is -0.497 e. The highest BCUT2D eigenvalue weighted by atomic mass is 16.5. The predicted molar refractivity (Wildman–Crippen MR) is 81.5 cm³/mol. The van der Waals surface area contributed by atoms with E-state index in [0.29, 0.717) is 28.1 Å². The van der Waals surface area contributed by atoms with E-state index in [9.17, 15) is 9.59 Å². The summed E-state index contributed by atoms with van der Waals surface area (Å²) in [5, 5.41) is 0.353. The molecular formula is C15H13N3O4. The van der Waals surface area contributed by atoms with Crippen LogP contribution in [0.15, 0.2) is 40.1 Å². The number of pyridine rings is 1. The maximum atomic E-state index is 11.9. The number of aromatic nitrogens is 3. The Balaban J connectivity index is 2.22. The van der Waals surface area contributed by atoms with Crippen molar-refractivity contribution in [2.45, 2.75) is 0 Å². The molecule has 0 aliphatic heterocycles. The normalized spacial score (nSPS) is 10.6. The molecule has 112 valence electrons. The number of hydrogen-bond acceptors (Lipinski definition) is 5. The number of hydrogen-bond donors (Lipinski definition) is 2. The molecule has 0 fully saturated rings. The molecule has 22 heavy (non-hydrogen) atoms. The lowest BCUT2D eigenvalue weighted by molar-refractivity contribution is 0.394. The summed E-state index contributed by atoms with van der Waals surface area (Å²) in [5.74, 6) is 1.23. The molecule has 0 radical (unpaired) electrons. The second kappa shape index (κ2) is 5.36. The third-order valence-corrected chi connectivity index (χ3v) is 3.27. The number of benzene rings is 1. The molecule has 0 bridgehead atoms. The van der Waals surface area contributed by atoms with Crippen LogP contribution in [0.5, 0.6) is 11.5 Å². The van der Waals surface area contributed by atoms with Gasteiger partial charge in [0.05, 0.1) is 37.0 Å². The van der Waals surface area contributed by atoms with Crippen LogP contribution in [-0.2, 0) is 0 Å². The second-order valence-corrected chi connectivity index (χ2v) is 4.62. The smallest absolute Gasteiger partial charge is 0.326 e. The van der Waals surface area contributed by atoms with Crippen LogP contribution in [0.25, 0.3) is 22.2 Å². The molecule has 3 rings (SSSR count). The summed E-state index contributed by atoms with van der Waals surface area (Å²) in [6.07, 6.45) is 1.45. The third-order valence-electron chi connectivity index (χ3n) is 3.27. The van der Waals surface area contributed by atoms with E-state index in [2.05, 4.69) is 15.0 Å². The van der Waals surface area contributed by atoms with Crippen molar-refractivity contribution in [2.24, 2.45) is 0 Å². The summed E-state index contributed by atoms with van der Waals surface area (Å²) in [4.78, 5) is 32.1. The van der Waals surface area contributed by atoms with Crippen LogP contribution in [0.4, 0.5) is 0 Å². The maximum absolute atomic E-state index is 11.9. The van der Waals surface area contributed by atoms with Crippen molar-refractivity contribution in [3.8, 4) is 22.8 Å². The standard InChI is InChI=1S/C15H13N3O4/c1-21-9-3-8(4-10(5-9)22-2)12-6-11-13(7-16-12)17-15(20)18-14(11)19/h3-7H,1-2H3,(H2,17,18,19,20). The molecule has 2 N–H and O–H groups in total. The van der Waals surface area contributed by atoms with Gasteiger partial charge < -0.3 is 14.5 Å². The summed E-state index contributed by atoms with van der Waals surface area (Å²) in [5.41, 5.74) is 0.672. The van der Waals surface area contributed by atoms with Crippen molar-refractivity contribution in [2.75, 3.05) is 14.2 Å².